The minimum absolute atomic E-state index is 0.0639. The number of alkyl halides is 2. The monoisotopic (exact) mass is 381 g/mol. The second-order valence-corrected chi connectivity index (χ2v) is 6.22. The van der Waals surface area contributed by atoms with E-state index in [-0.39, 0.29) is 23.0 Å². The van der Waals surface area contributed by atoms with Crippen LogP contribution in [-0.4, -0.2) is 60.8 Å². The minimum atomic E-state index is -3.05. The van der Waals surface area contributed by atoms with Crippen LogP contribution in [0.1, 0.15) is 21.8 Å². The number of nitrogens with zero attached hydrogens (tertiary/aromatic N) is 3. The molecule has 7 nitrogen and oxygen atoms in total. The van der Waals surface area contributed by atoms with Gasteiger partial charge in [-0.3, -0.25) is 9.69 Å². The molecule has 2 heterocycles. The Hall–Kier alpha value is -2.68. The summed E-state index contributed by atoms with van der Waals surface area (Å²) in [5, 5.41) is 3.86. The molecule has 1 aromatic heterocycles. The predicted molar refractivity (Wildman–Crippen MR) is 92.0 cm³/mol. The van der Waals surface area contributed by atoms with E-state index in [1.165, 1.54) is 19.2 Å². The van der Waals surface area contributed by atoms with Gasteiger partial charge in [-0.1, -0.05) is 11.2 Å². The van der Waals surface area contributed by atoms with Crippen LogP contribution < -0.4 is 9.47 Å². The number of aromatic nitrogens is 1. The lowest BCUT2D eigenvalue weighted by atomic mass is 10.1. The highest BCUT2D eigenvalue weighted by molar-refractivity contribution is 5.98. The summed E-state index contributed by atoms with van der Waals surface area (Å²) in [6, 6.07) is 6.40. The topological polar surface area (TPSA) is 68.0 Å². The van der Waals surface area contributed by atoms with Crippen LogP contribution in [0.15, 0.2) is 28.8 Å². The molecule has 3 rings (SSSR count). The van der Waals surface area contributed by atoms with Gasteiger partial charge in [-0.25, -0.2) is 0 Å². The number of aryl methyl sites for hydroxylation is 1. The number of para-hydroxylation sites is 1. The summed E-state index contributed by atoms with van der Waals surface area (Å²) < 4.78 is 40.3. The Bertz CT molecular complexity index is 789. The Balaban J connectivity index is 1.67. The van der Waals surface area contributed by atoms with E-state index in [0.717, 1.165) is 11.5 Å². The highest BCUT2D eigenvalue weighted by Gasteiger charge is 2.27. The van der Waals surface area contributed by atoms with Crippen molar-refractivity contribution in [1.82, 2.24) is 15.0 Å². The second-order valence-electron chi connectivity index (χ2n) is 6.22. The minimum Gasteiger partial charge on any atom is -0.493 e. The number of halogens is 2. The summed E-state index contributed by atoms with van der Waals surface area (Å²) in [5.74, 6) is 0.271. The van der Waals surface area contributed by atoms with Gasteiger partial charge in [-0.2, -0.15) is 8.78 Å². The van der Waals surface area contributed by atoms with Gasteiger partial charge in [0.15, 0.2) is 17.3 Å². The first-order chi connectivity index (χ1) is 13.0. The van der Waals surface area contributed by atoms with E-state index in [1.54, 1.807) is 11.0 Å². The molecule has 0 atom stereocenters. The predicted octanol–water partition coefficient (Wildman–Crippen LogP) is 2.55. The number of ether oxygens (including phenoxy) is 2. The van der Waals surface area contributed by atoms with Gasteiger partial charge in [0.05, 0.1) is 24.9 Å². The van der Waals surface area contributed by atoms with Crippen molar-refractivity contribution in [2.45, 2.75) is 20.1 Å². The number of amides is 1. The molecule has 0 aliphatic carbocycles. The van der Waals surface area contributed by atoms with E-state index in [4.69, 9.17) is 9.26 Å². The van der Waals surface area contributed by atoms with Crippen LogP contribution in [-0.2, 0) is 6.54 Å². The van der Waals surface area contributed by atoms with Gasteiger partial charge >= 0.3 is 6.61 Å². The van der Waals surface area contributed by atoms with Crippen LogP contribution in [0.25, 0.3) is 0 Å². The molecule has 1 aromatic carbocycles. The molecule has 0 radical (unpaired) electrons. The van der Waals surface area contributed by atoms with Gasteiger partial charge in [-0.15, -0.1) is 0 Å². The average Bonchev–Trinajstić information content (AvgIpc) is 3.06. The van der Waals surface area contributed by atoms with E-state index >= 15 is 0 Å². The van der Waals surface area contributed by atoms with Crippen molar-refractivity contribution in [1.29, 1.82) is 0 Å². The summed E-state index contributed by atoms with van der Waals surface area (Å²) in [4.78, 5) is 16.6. The fourth-order valence-corrected chi connectivity index (χ4v) is 3.05. The summed E-state index contributed by atoms with van der Waals surface area (Å²) >= 11 is 0. The van der Waals surface area contributed by atoms with Gasteiger partial charge in [0.1, 0.15) is 0 Å². The van der Waals surface area contributed by atoms with Crippen LogP contribution in [0.4, 0.5) is 8.78 Å². The fourth-order valence-electron chi connectivity index (χ4n) is 3.05. The standard InChI is InChI=1S/C18H21F2N3O4/c1-12-10-13(27-21-12)11-22-6-8-23(9-7-22)17(24)14-4-3-5-15(25-2)16(14)26-18(19)20/h3-5,10,18H,6-9,11H2,1-2H3. The number of carbonyl (C=O) groups excluding carboxylic acids is 1. The van der Waals surface area contributed by atoms with E-state index < -0.39 is 6.61 Å². The van der Waals surface area contributed by atoms with Crippen molar-refractivity contribution in [3.63, 3.8) is 0 Å². The number of carbonyl (C=O) groups is 1. The number of piperazine rings is 1. The fraction of sp³-hybridized carbons (Fsp3) is 0.444. The van der Waals surface area contributed by atoms with Crippen molar-refractivity contribution in [3.8, 4) is 11.5 Å². The van der Waals surface area contributed by atoms with Gasteiger partial charge in [0.2, 0.25) is 0 Å². The number of benzene rings is 1. The van der Waals surface area contributed by atoms with Crippen LogP contribution in [0.3, 0.4) is 0 Å². The maximum atomic E-state index is 12.8. The van der Waals surface area contributed by atoms with Crippen LogP contribution in [0.5, 0.6) is 11.5 Å². The Morgan fingerprint density at radius 1 is 1.30 bits per heavy atom. The van der Waals surface area contributed by atoms with Crippen molar-refractivity contribution in [2.24, 2.45) is 0 Å². The van der Waals surface area contributed by atoms with Crippen LogP contribution in [0, 0.1) is 6.92 Å². The van der Waals surface area contributed by atoms with E-state index in [2.05, 4.69) is 14.8 Å². The molecule has 0 spiro atoms. The van der Waals surface area contributed by atoms with Crippen molar-refractivity contribution in [2.75, 3.05) is 33.3 Å². The third-order valence-electron chi connectivity index (χ3n) is 4.35. The summed E-state index contributed by atoms with van der Waals surface area (Å²) in [7, 11) is 1.34. The molecule has 1 aliphatic heterocycles. The number of hydrogen-bond donors (Lipinski definition) is 0. The lowest BCUT2D eigenvalue weighted by Gasteiger charge is -2.34. The quantitative estimate of drug-likeness (QED) is 0.766. The lowest BCUT2D eigenvalue weighted by Crippen LogP contribution is -2.48. The first kappa shape index (κ1) is 19.1. The molecule has 146 valence electrons. The molecular weight excluding hydrogens is 360 g/mol. The molecule has 2 aromatic rings. The highest BCUT2D eigenvalue weighted by Crippen LogP contribution is 2.33. The average molecular weight is 381 g/mol. The number of hydrogen-bond acceptors (Lipinski definition) is 6. The number of rotatable bonds is 6. The molecule has 0 N–H and O–H groups in total. The van der Waals surface area contributed by atoms with Crippen LogP contribution >= 0.6 is 0 Å². The Morgan fingerprint density at radius 2 is 2.04 bits per heavy atom. The largest absolute Gasteiger partial charge is 0.493 e. The lowest BCUT2D eigenvalue weighted by molar-refractivity contribution is -0.0517. The smallest absolute Gasteiger partial charge is 0.387 e. The van der Waals surface area contributed by atoms with Crippen molar-refractivity contribution >= 4 is 5.91 Å². The molecular formula is C18H21F2N3O4. The molecule has 27 heavy (non-hydrogen) atoms. The third kappa shape index (κ3) is 4.54. The zero-order valence-electron chi connectivity index (χ0n) is 15.2. The highest BCUT2D eigenvalue weighted by atomic mass is 19.3. The number of methoxy groups -OCH3 is 1. The first-order valence-electron chi connectivity index (χ1n) is 8.53. The van der Waals surface area contributed by atoms with Gasteiger partial charge in [0.25, 0.3) is 5.91 Å². The molecule has 9 heteroatoms. The molecule has 1 fully saturated rings. The summed E-state index contributed by atoms with van der Waals surface area (Å²) in [5.41, 5.74) is 0.886. The van der Waals surface area contributed by atoms with Crippen molar-refractivity contribution < 1.29 is 27.6 Å². The first-order valence-corrected chi connectivity index (χ1v) is 8.53. The molecule has 0 unspecified atom stereocenters. The normalized spacial score (nSPS) is 15.2. The van der Waals surface area contributed by atoms with Gasteiger partial charge < -0.3 is 18.9 Å². The Morgan fingerprint density at radius 3 is 2.63 bits per heavy atom. The summed E-state index contributed by atoms with van der Waals surface area (Å²) in [6.07, 6.45) is 0. The SMILES string of the molecule is COc1cccc(C(=O)N2CCN(Cc3cc(C)no3)CC2)c1OC(F)F. The van der Waals surface area contributed by atoms with E-state index in [1.807, 2.05) is 13.0 Å². The Kier molecular flexibility index (Phi) is 5.90. The van der Waals surface area contributed by atoms with Gasteiger partial charge in [0, 0.05) is 32.2 Å². The maximum Gasteiger partial charge on any atom is 0.387 e. The molecule has 0 saturated carbocycles. The molecule has 0 bridgehead atoms. The molecule has 1 saturated heterocycles. The maximum absolute atomic E-state index is 12.8. The van der Waals surface area contributed by atoms with Gasteiger partial charge in [-0.05, 0) is 19.1 Å². The zero-order chi connectivity index (χ0) is 19.4. The van der Waals surface area contributed by atoms with Crippen LogP contribution in [0.2, 0.25) is 0 Å². The zero-order valence-corrected chi connectivity index (χ0v) is 15.2. The Labute approximate surface area is 155 Å². The van der Waals surface area contributed by atoms with E-state index in [9.17, 15) is 13.6 Å². The molecule has 1 aliphatic rings. The third-order valence-corrected chi connectivity index (χ3v) is 4.35. The van der Waals surface area contributed by atoms with E-state index in [0.29, 0.717) is 32.7 Å². The summed E-state index contributed by atoms with van der Waals surface area (Å²) in [6.45, 7) is 1.64. The van der Waals surface area contributed by atoms with Crippen molar-refractivity contribution in [3.05, 3.63) is 41.3 Å². The second kappa shape index (κ2) is 8.34. The molecule has 1 amide bonds.